The van der Waals surface area contributed by atoms with E-state index >= 15 is 0 Å². The Balaban J connectivity index is 0. The van der Waals surface area contributed by atoms with Crippen molar-refractivity contribution in [1.82, 2.24) is 0 Å². The standard InChI is InChI=1S/C8H20NO2.CH2O3/c1-7(10-5)9(3,4)8(2)11-6;2-1(3)4/h7-8H,1-6H3;(H2,2,3,4)/q+1;/p-2. The highest BCUT2D eigenvalue weighted by Crippen LogP contribution is 2.13. The van der Waals surface area contributed by atoms with Crippen molar-refractivity contribution in [3.8, 4) is 0 Å². The Morgan fingerprint density at radius 2 is 1.27 bits per heavy atom. The monoisotopic (exact) mass is 222 g/mol. The molecular weight excluding hydrogens is 202 g/mol. The van der Waals surface area contributed by atoms with E-state index in [1.54, 1.807) is 14.2 Å². The average Bonchev–Trinajstić information content (AvgIpc) is 2.14. The molecule has 0 saturated carbocycles. The van der Waals surface area contributed by atoms with Gasteiger partial charge < -0.3 is 24.5 Å². The fourth-order valence-corrected chi connectivity index (χ4v) is 0.839. The van der Waals surface area contributed by atoms with Crippen LogP contribution in [0.5, 0.6) is 0 Å². The number of methoxy groups -OCH3 is 2. The smallest absolute Gasteiger partial charge is 0.191 e. The van der Waals surface area contributed by atoms with Gasteiger partial charge in [-0.2, -0.15) is 0 Å². The maximum atomic E-state index is 8.33. The van der Waals surface area contributed by atoms with Gasteiger partial charge in [-0.1, -0.05) is 0 Å². The van der Waals surface area contributed by atoms with Gasteiger partial charge in [0, 0.05) is 28.1 Å². The molecule has 6 nitrogen and oxygen atoms in total. The Kier molecular flexibility index (Phi) is 8.22. The normalized spacial score (nSPS) is 14.8. The number of carbonyl (C=O) groups excluding carboxylic acids is 1. The molecule has 0 saturated heterocycles. The van der Waals surface area contributed by atoms with Gasteiger partial charge in [-0.25, -0.2) is 0 Å². The van der Waals surface area contributed by atoms with Crippen LogP contribution in [0.3, 0.4) is 0 Å². The van der Waals surface area contributed by atoms with Crippen molar-refractivity contribution in [2.75, 3.05) is 28.3 Å². The quantitative estimate of drug-likeness (QED) is 0.431. The topological polar surface area (TPSA) is 81.7 Å². The summed E-state index contributed by atoms with van der Waals surface area (Å²) in [6.45, 7) is 4.07. The van der Waals surface area contributed by atoms with Crippen molar-refractivity contribution in [1.29, 1.82) is 0 Å². The van der Waals surface area contributed by atoms with Gasteiger partial charge in [-0.05, 0) is 6.16 Å². The fourth-order valence-electron chi connectivity index (χ4n) is 0.839. The molecule has 6 heteroatoms. The fraction of sp³-hybridized carbons (Fsp3) is 0.889. The summed E-state index contributed by atoms with van der Waals surface area (Å²) in [6.07, 6.45) is -2.02. The number of nitrogens with zero attached hydrogens (tertiary/aromatic N) is 1. The minimum absolute atomic E-state index is 0.157. The molecule has 0 rings (SSSR count). The number of carbonyl (C=O) groups is 1. The summed E-state index contributed by atoms with van der Waals surface area (Å²) in [6, 6.07) is 0. The lowest BCUT2D eigenvalue weighted by molar-refractivity contribution is -0.974. The van der Waals surface area contributed by atoms with E-state index in [9.17, 15) is 0 Å². The van der Waals surface area contributed by atoms with Gasteiger partial charge in [-0.15, -0.1) is 0 Å². The second kappa shape index (κ2) is 7.44. The lowest BCUT2D eigenvalue weighted by Crippen LogP contribution is -2.54. The van der Waals surface area contributed by atoms with Gasteiger partial charge in [-0.3, -0.25) is 4.48 Å². The molecule has 0 bridgehead atoms. The molecule has 0 heterocycles. The van der Waals surface area contributed by atoms with E-state index in [0.717, 1.165) is 0 Å². The van der Waals surface area contributed by atoms with Crippen molar-refractivity contribution >= 4 is 6.16 Å². The SMILES string of the molecule is COC(C)[N+](C)(C)C(C)OC.O=C([O-])[O-]. The zero-order chi connectivity index (χ0) is 12.6. The summed E-state index contributed by atoms with van der Waals surface area (Å²) in [4.78, 5) is 8.33. The van der Waals surface area contributed by atoms with Crippen LogP contribution in [0, 0.1) is 0 Å². The molecule has 0 spiro atoms. The molecule has 0 aromatic heterocycles. The van der Waals surface area contributed by atoms with Crippen LogP contribution < -0.4 is 10.2 Å². The molecule has 2 atom stereocenters. The third-order valence-electron chi connectivity index (χ3n) is 2.56. The van der Waals surface area contributed by atoms with E-state index in [0.29, 0.717) is 4.48 Å². The van der Waals surface area contributed by atoms with Crippen molar-refractivity contribution < 1.29 is 29.0 Å². The second-order valence-electron chi connectivity index (χ2n) is 3.55. The molecule has 0 amide bonds. The predicted octanol–water partition coefficient (Wildman–Crippen LogP) is -1.40. The van der Waals surface area contributed by atoms with E-state index in [2.05, 4.69) is 14.1 Å². The third kappa shape index (κ3) is 7.12. The molecule has 0 aromatic carbocycles. The number of hydrogen-bond donors (Lipinski definition) is 0. The first kappa shape index (κ1) is 16.6. The minimum Gasteiger partial charge on any atom is -0.652 e. The van der Waals surface area contributed by atoms with Crippen LogP contribution in [0.1, 0.15) is 13.8 Å². The van der Waals surface area contributed by atoms with Crippen LogP contribution in [-0.2, 0) is 9.47 Å². The molecule has 0 aliphatic heterocycles. The van der Waals surface area contributed by atoms with Gasteiger partial charge in [0.1, 0.15) is 0 Å². The summed E-state index contributed by atoms with van der Waals surface area (Å²) in [7, 11) is 7.60. The van der Waals surface area contributed by atoms with Crippen LogP contribution >= 0.6 is 0 Å². The Bertz CT molecular complexity index is 167. The molecular formula is C9H20NO5-. The van der Waals surface area contributed by atoms with Crippen LogP contribution in [0.2, 0.25) is 0 Å². The molecule has 2 unspecified atom stereocenters. The lowest BCUT2D eigenvalue weighted by Gasteiger charge is -2.38. The Labute approximate surface area is 90.6 Å². The Morgan fingerprint density at radius 3 is 1.40 bits per heavy atom. The molecule has 15 heavy (non-hydrogen) atoms. The highest BCUT2D eigenvalue weighted by atomic mass is 16.6. The maximum absolute atomic E-state index is 8.33. The van der Waals surface area contributed by atoms with E-state index in [-0.39, 0.29) is 12.5 Å². The number of hydrogen-bond acceptors (Lipinski definition) is 5. The van der Waals surface area contributed by atoms with Gasteiger partial charge in [0.2, 0.25) is 0 Å². The molecule has 0 aliphatic rings. The van der Waals surface area contributed by atoms with Crippen LogP contribution in [-0.4, -0.2) is 51.4 Å². The zero-order valence-corrected chi connectivity index (χ0v) is 10.1. The number of carboxylic acid groups (broad SMARTS) is 2. The molecule has 0 N–H and O–H groups in total. The highest BCUT2D eigenvalue weighted by molar-refractivity contribution is 5.47. The van der Waals surface area contributed by atoms with E-state index < -0.39 is 6.16 Å². The summed E-state index contributed by atoms with van der Waals surface area (Å²) in [5, 5.41) is 16.7. The highest BCUT2D eigenvalue weighted by Gasteiger charge is 2.30. The van der Waals surface area contributed by atoms with Crippen molar-refractivity contribution in [2.45, 2.75) is 26.3 Å². The first-order chi connectivity index (χ1) is 6.69. The van der Waals surface area contributed by atoms with Crippen LogP contribution in [0.15, 0.2) is 0 Å². The van der Waals surface area contributed by atoms with E-state index in [4.69, 9.17) is 24.5 Å². The van der Waals surface area contributed by atoms with E-state index in [1.807, 2.05) is 13.8 Å². The van der Waals surface area contributed by atoms with E-state index in [1.165, 1.54) is 0 Å². The number of ether oxygens (including phenoxy) is 2. The van der Waals surface area contributed by atoms with Crippen molar-refractivity contribution in [3.05, 3.63) is 0 Å². The maximum Gasteiger partial charge on any atom is 0.191 e. The number of rotatable bonds is 4. The summed E-state index contributed by atoms with van der Waals surface area (Å²) < 4.78 is 11.2. The third-order valence-corrected chi connectivity index (χ3v) is 2.56. The minimum atomic E-state index is -2.33. The summed E-state index contributed by atoms with van der Waals surface area (Å²) in [5.41, 5.74) is 0. The molecule has 0 aliphatic carbocycles. The molecule has 0 fully saturated rings. The summed E-state index contributed by atoms with van der Waals surface area (Å²) in [5.74, 6) is 0. The van der Waals surface area contributed by atoms with Crippen LogP contribution in [0.25, 0.3) is 0 Å². The Morgan fingerprint density at radius 1 is 1.07 bits per heavy atom. The Hall–Kier alpha value is -0.850. The van der Waals surface area contributed by atoms with Crippen molar-refractivity contribution in [3.63, 3.8) is 0 Å². The molecule has 0 radical (unpaired) electrons. The van der Waals surface area contributed by atoms with Crippen LogP contribution in [0.4, 0.5) is 4.79 Å². The largest absolute Gasteiger partial charge is 0.652 e. The first-order valence-corrected chi connectivity index (χ1v) is 4.47. The molecule has 0 aromatic rings. The summed E-state index contributed by atoms with van der Waals surface area (Å²) >= 11 is 0. The predicted molar refractivity (Wildman–Crippen MR) is 50.4 cm³/mol. The van der Waals surface area contributed by atoms with Gasteiger partial charge in [0.15, 0.2) is 12.5 Å². The zero-order valence-electron chi connectivity index (χ0n) is 10.1. The number of quaternary nitrogens is 1. The van der Waals surface area contributed by atoms with Gasteiger partial charge >= 0.3 is 0 Å². The molecule has 92 valence electrons. The first-order valence-electron chi connectivity index (χ1n) is 4.47. The second-order valence-corrected chi connectivity index (χ2v) is 3.55. The lowest BCUT2D eigenvalue weighted by atomic mass is 10.4. The van der Waals surface area contributed by atoms with Gasteiger partial charge in [0.25, 0.3) is 0 Å². The van der Waals surface area contributed by atoms with Crippen molar-refractivity contribution in [2.24, 2.45) is 0 Å². The van der Waals surface area contributed by atoms with Gasteiger partial charge in [0.05, 0.1) is 14.1 Å². The average molecular weight is 222 g/mol.